The third-order valence-corrected chi connectivity index (χ3v) is 7.27. The number of aromatic amines is 1. The predicted molar refractivity (Wildman–Crippen MR) is 168 cm³/mol. The number of anilines is 3. The quantitative estimate of drug-likeness (QED) is 0.195. The van der Waals surface area contributed by atoms with Crippen LogP contribution in [0.25, 0.3) is 16.9 Å². The number of nitrogens with one attached hydrogen (secondary N) is 2. The number of aromatic nitrogens is 6. The van der Waals surface area contributed by atoms with Gasteiger partial charge >= 0.3 is 11.7 Å². The van der Waals surface area contributed by atoms with E-state index in [1.807, 2.05) is 25.7 Å². The molecule has 4 aromatic heterocycles. The summed E-state index contributed by atoms with van der Waals surface area (Å²) in [7, 11) is 0. The first-order valence-corrected chi connectivity index (χ1v) is 14.3. The molecule has 3 N–H and O–H groups in total. The van der Waals surface area contributed by atoms with Crippen molar-refractivity contribution in [2.75, 3.05) is 34.8 Å². The van der Waals surface area contributed by atoms with Gasteiger partial charge in [-0.1, -0.05) is 12.1 Å². The SMILES string of the molecule is CCN(CC)c1ncc(N(CC)C(=O)c2ccncc2)c(NC(Cc2ccc(-n3c(=O)[nH]c4cccnc43)cc2)C(=O)O)n1. The number of carboxylic acids is 1. The Labute approximate surface area is 253 Å². The van der Waals surface area contributed by atoms with Crippen molar-refractivity contribution in [2.45, 2.75) is 33.2 Å². The van der Waals surface area contributed by atoms with Gasteiger partial charge in [0.05, 0.1) is 17.4 Å². The van der Waals surface area contributed by atoms with Gasteiger partial charge in [0.25, 0.3) is 5.91 Å². The summed E-state index contributed by atoms with van der Waals surface area (Å²) in [4.78, 5) is 62.3. The smallest absolute Gasteiger partial charge is 0.332 e. The van der Waals surface area contributed by atoms with E-state index in [2.05, 4.69) is 25.3 Å². The number of H-pyrrole nitrogens is 1. The van der Waals surface area contributed by atoms with Gasteiger partial charge in [-0.2, -0.15) is 4.98 Å². The fourth-order valence-electron chi connectivity index (χ4n) is 4.96. The number of amides is 1. The number of carbonyl (C=O) groups is 2. The molecular weight excluding hydrogens is 562 g/mol. The maximum atomic E-state index is 13.5. The molecule has 44 heavy (non-hydrogen) atoms. The Morgan fingerprint density at radius 2 is 1.70 bits per heavy atom. The van der Waals surface area contributed by atoms with Crippen molar-refractivity contribution in [1.29, 1.82) is 0 Å². The van der Waals surface area contributed by atoms with Crippen LogP contribution in [-0.2, 0) is 11.2 Å². The summed E-state index contributed by atoms with van der Waals surface area (Å²) in [5.41, 5.74) is 2.90. The van der Waals surface area contributed by atoms with Crippen molar-refractivity contribution in [1.82, 2.24) is 29.5 Å². The molecule has 0 bridgehead atoms. The minimum absolute atomic E-state index is 0.102. The van der Waals surface area contributed by atoms with Gasteiger partial charge in [-0.25, -0.2) is 24.1 Å². The van der Waals surface area contributed by atoms with E-state index in [1.54, 1.807) is 60.9 Å². The molecule has 1 amide bonds. The van der Waals surface area contributed by atoms with Crippen LogP contribution >= 0.6 is 0 Å². The van der Waals surface area contributed by atoms with Gasteiger partial charge in [0.1, 0.15) is 11.7 Å². The second kappa shape index (κ2) is 13.2. The predicted octanol–water partition coefficient (Wildman–Crippen LogP) is 3.52. The molecule has 1 unspecified atom stereocenters. The maximum absolute atomic E-state index is 13.5. The molecule has 0 saturated heterocycles. The van der Waals surface area contributed by atoms with Gasteiger partial charge < -0.3 is 25.2 Å². The Balaban J connectivity index is 1.46. The van der Waals surface area contributed by atoms with Crippen molar-refractivity contribution in [3.8, 4) is 5.69 Å². The first kappa shape index (κ1) is 29.9. The molecule has 0 aliphatic heterocycles. The van der Waals surface area contributed by atoms with E-state index in [4.69, 9.17) is 4.98 Å². The van der Waals surface area contributed by atoms with Crippen molar-refractivity contribution in [3.05, 3.63) is 94.9 Å². The lowest BCUT2D eigenvalue weighted by atomic mass is 10.1. The summed E-state index contributed by atoms with van der Waals surface area (Å²) in [6.07, 6.45) is 6.34. The highest BCUT2D eigenvalue weighted by molar-refractivity contribution is 6.07. The topological polar surface area (TPSA) is 162 Å². The van der Waals surface area contributed by atoms with Crippen LogP contribution in [0.3, 0.4) is 0 Å². The average Bonchev–Trinajstić information content (AvgIpc) is 3.38. The average molecular weight is 596 g/mol. The molecule has 13 heteroatoms. The molecule has 0 fully saturated rings. The molecule has 0 saturated carbocycles. The van der Waals surface area contributed by atoms with Gasteiger partial charge in [0.15, 0.2) is 11.5 Å². The molecule has 1 atom stereocenters. The van der Waals surface area contributed by atoms with E-state index >= 15 is 0 Å². The third-order valence-electron chi connectivity index (χ3n) is 7.27. The van der Waals surface area contributed by atoms with E-state index in [-0.39, 0.29) is 23.8 Å². The molecule has 5 aromatic rings. The Hall–Kier alpha value is -5.59. The summed E-state index contributed by atoms with van der Waals surface area (Å²) >= 11 is 0. The molecule has 0 aliphatic rings. The Bertz CT molecular complexity index is 1820. The molecule has 4 heterocycles. The lowest BCUT2D eigenvalue weighted by Gasteiger charge is -2.27. The number of pyridine rings is 2. The number of carbonyl (C=O) groups excluding carboxylic acids is 1. The number of benzene rings is 1. The highest BCUT2D eigenvalue weighted by Gasteiger charge is 2.26. The summed E-state index contributed by atoms with van der Waals surface area (Å²) in [5, 5.41) is 13.3. The van der Waals surface area contributed by atoms with Crippen LogP contribution in [0.5, 0.6) is 0 Å². The second-order valence-electron chi connectivity index (χ2n) is 9.91. The Kier molecular flexibility index (Phi) is 8.93. The summed E-state index contributed by atoms with van der Waals surface area (Å²) in [5.74, 6) is -0.739. The number of aliphatic carboxylic acids is 1. The first-order valence-electron chi connectivity index (χ1n) is 14.3. The van der Waals surface area contributed by atoms with E-state index in [9.17, 15) is 19.5 Å². The number of rotatable bonds is 12. The minimum atomic E-state index is -1.09. The number of hydrogen-bond acceptors (Lipinski definition) is 9. The van der Waals surface area contributed by atoms with Gasteiger partial charge in [-0.15, -0.1) is 0 Å². The molecule has 0 spiro atoms. The number of carboxylic acid groups (broad SMARTS) is 1. The molecule has 13 nitrogen and oxygen atoms in total. The zero-order valence-corrected chi connectivity index (χ0v) is 24.6. The third kappa shape index (κ3) is 6.11. The second-order valence-corrected chi connectivity index (χ2v) is 9.91. The van der Waals surface area contributed by atoms with Crippen LogP contribution in [0.2, 0.25) is 0 Å². The molecule has 226 valence electrons. The molecule has 1 aromatic carbocycles. The van der Waals surface area contributed by atoms with E-state index in [0.29, 0.717) is 59.2 Å². The lowest BCUT2D eigenvalue weighted by molar-refractivity contribution is -0.137. The van der Waals surface area contributed by atoms with Crippen LogP contribution in [-0.4, -0.2) is 72.1 Å². The Morgan fingerprint density at radius 3 is 2.36 bits per heavy atom. The van der Waals surface area contributed by atoms with Gasteiger partial charge in [0, 0.05) is 50.2 Å². The van der Waals surface area contributed by atoms with Crippen LogP contribution in [0.4, 0.5) is 17.5 Å². The molecule has 0 radical (unpaired) electrons. The number of fused-ring (bicyclic) bond motifs is 1. The molecule has 5 rings (SSSR count). The standard InChI is InChI=1S/C31H33N9O4/c1-4-38(5-2)30-34-19-25(39(6-3)28(41)21-13-16-32-17-14-21)26(37-30)35-24(29(42)43)18-20-9-11-22(12-10-20)40-27-23(36-31(40)44)8-7-15-33-27/h7-17,19,24H,4-6,18H2,1-3H3,(H,36,44)(H,42,43)(H,34,35,37). The fourth-order valence-corrected chi connectivity index (χ4v) is 4.96. The van der Waals surface area contributed by atoms with Crippen molar-refractivity contribution < 1.29 is 14.7 Å². The minimum Gasteiger partial charge on any atom is -0.480 e. The van der Waals surface area contributed by atoms with Crippen LogP contribution in [0, 0.1) is 0 Å². The zero-order valence-electron chi connectivity index (χ0n) is 24.6. The monoisotopic (exact) mass is 595 g/mol. The summed E-state index contributed by atoms with van der Waals surface area (Å²) in [6.45, 7) is 7.36. The van der Waals surface area contributed by atoms with E-state index in [0.717, 1.165) is 0 Å². The fraction of sp³-hybridized carbons (Fsp3) is 0.258. The first-order chi connectivity index (χ1) is 21.3. The zero-order chi connectivity index (χ0) is 31.2. The number of imidazole rings is 1. The van der Waals surface area contributed by atoms with E-state index < -0.39 is 12.0 Å². The van der Waals surface area contributed by atoms with E-state index in [1.165, 1.54) is 21.9 Å². The highest BCUT2D eigenvalue weighted by Crippen LogP contribution is 2.28. The van der Waals surface area contributed by atoms with Crippen LogP contribution < -0.4 is 20.8 Å². The Morgan fingerprint density at radius 1 is 0.977 bits per heavy atom. The molecule has 0 aliphatic carbocycles. The van der Waals surface area contributed by atoms with Gasteiger partial charge in [-0.3, -0.25) is 9.78 Å². The van der Waals surface area contributed by atoms with Gasteiger partial charge in [-0.05, 0) is 62.7 Å². The highest BCUT2D eigenvalue weighted by atomic mass is 16.4. The normalized spacial score (nSPS) is 11.7. The van der Waals surface area contributed by atoms with Crippen molar-refractivity contribution in [2.24, 2.45) is 0 Å². The van der Waals surface area contributed by atoms with Gasteiger partial charge in [0.2, 0.25) is 5.95 Å². The maximum Gasteiger partial charge on any atom is 0.332 e. The van der Waals surface area contributed by atoms with Crippen molar-refractivity contribution >= 4 is 40.5 Å². The summed E-state index contributed by atoms with van der Waals surface area (Å²) in [6, 6.07) is 12.7. The lowest BCUT2D eigenvalue weighted by Crippen LogP contribution is -2.36. The van der Waals surface area contributed by atoms with Crippen LogP contribution in [0.1, 0.15) is 36.7 Å². The molecular formula is C31H33N9O4. The van der Waals surface area contributed by atoms with Crippen LogP contribution in [0.15, 0.2) is 78.1 Å². The van der Waals surface area contributed by atoms with Crippen molar-refractivity contribution in [3.63, 3.8) is 0 Å². The largest absolute Gasteiger partial charge is 0.480 e. The number of hydrogen-bond donors (Lipinski definition) is 3. The number of nitrogens with zero attached hydrogens (tertiary/aromatic N) is 7. The summed E-state index contributed by atoms with van der Waals surface area (Å²) < 4.78 is 1.47.